The molecule has 11 nitrogen and oxygen atoms in total. The van der Waals surface area contributed by atoms with Crippen molar-refractivity contribution < 1.29 is 23.9 Å². The lowest BCUT2D eigenvalue weighted by molar-refractivity contribution is -0.141. The van der Waals surface area contributed by atoms with E-state index in [1.807, 2.05) is 34.9 Å². The highest BCUT2D eigenvalue weighted by atomic mass is 16.6. The topological polar surface area (TPSA) is 135 Å². The normalized spacial score (nSPS) is 28.5. The quantitative estimate of drug-likeness (QED) is 0.529. The fourth-order valence-corrected chi connectivity index (χ4v) is 6.58. The number of nitrogens with one attached hydrogen (secondary N) is 2. The van der Waals surface area contributed by atoms with Crippen molar-refractivity contribution in [2.75, 3.05) is 20.1 Å². The highest BCUT2D eigenvalue weighted by Crippen LogP contribution is 2.48. The number of ether oxygens (including phenoxy) is 1. The number of piperazine rings is 1. The van der Waals surface area contributed by atoms with Crippen molar-refractivity contribution in [3.63, 3.8) is 0 Å². The van der Waals surface area contributed by atoms with E-state index in [1.165, 1.54) is 0 Å². The fourth-order valence-electron chi connectivity index (χ4n) is 6.58. The number of amides is 4. The summed E-state index contributed by atoms with van der Waals surface area (Å²) < 4.78 is 5.44. The zero-order chi connectivity index (χ0) is 28.9. The molecular weight excluding hydrogens is 512 g/mol. The van der Waals surface area contributed by atoms with Gasteiger partial charge in [-0.3, -0.25) is 19.3 Å². The Kier molecular flexibility index (Phi) is 7.25. The first kappa shape index (κ1) is 27.9. The van der Waals surface area contributed by atoms with E-state index >= 15 is 0 Å². The number of nitrogens with zero attached hydrogens (tertiary/aromatic N) is 4. The molecule has 2 N–H and O–H groups in total. The van der Waals surface area contributed by atoms with E-state index < -0.39 is 29.8 Å². The van der Waals surface area contributed by atoms with Gasteiger partial charge in [0.2, 0.25) is 11.8 Å². The molecule has 5 rings (SSSR count). The van der Waals surface area contributed by atoms with E-state index in [0.717, 1.165) is 12.0 Å². The zero-order valence-electron chi connectivity index (χ0n) is 23.7. The van der Waals surface area contributed by atoms with E-state index in [0.29, 0.717) is 30.9 Å². The number of alkyl carbamates (subject to hydrolysis) is 1. The number of carbonyl (C=O) groups excluding carboxylic acids is 4. The molecule has 4 aliphatic rings. The minimum atomic E-state index is -0.938. The van der Waals surface area contributed by atoms with Gasteiger partial charge in [0.1, 0.15) is 17.7 Å². The minimum absolute atomic E-state index is 0.0316. The zero-order valence-corrected chi connectivity index (χ0v) is 23.7. The molecule has 11 heteroatoms. The van der Waals surface area contributed by atoms with Crippen molar-refractivity contribution in [2.45, 2.75) is 88.8 Å². The number of hydrogen-bond donors (Lipinski definition) is 2. The van der Waals surface area contributed by atoms with Gasteiger partial charge in [-0.1, -0.05) is 12.1 Å². The maximum atomic E-state index is 13.7. The van der Waals surface area contributed by atoms with Gasteiger partial charge >= 0.3 is 6.09 Å². The van der Waals surface area contributed by atoms with Gasteiger partial charge in [-0.05, 0) is 70.6 Å². The summed E-state index contributed by atoms with van der Waals surface area (Å²) in [6.45, 7) is 7.94. The minimum Gasteiger partial charge on any atom is -0.444 e. The third kappa shape index (κ3) is 5.24. The molecule has 4 fully saturated rings. The third-order valence-electron chi connectivity index (χ3n) is 8.50. The van der Waals surface area contributed by atoms with Crippen LogP contribution in [-0.4, -0.2) is 94.5 Å². The highest BCUT2D eigenvalue weighted by Gasteiger charge is 2.56. The van der Waals surface area contributed by atoms with Gasteiger partial charge in [0, 0.05) is 37.8 Å². The summed E-state index contributed by atoms with van der Waals surface area (Å²) >= 11 is 0. The standard InChI is InChI=1S/C29H38N6O5/c1-16(17-7-6-8-18(9-17)25(36)31-5)34-21-12-24(27(34)38)33(14-21)15-22(32-28(39)40-29(2,3)4)26(37)35-20(13-30)10-19-11-23(19)35/h6-9,16,19-24H,10-12,14-15H2,1-5H3,(H,31,36)(H,32,39)/t16-,19-,20+,21+,22+,23+,24+/m1/s1. The second-order valence-corrected chi connectivity index (χ2v) is 12.4. The number of rotatable bonds is 7. The molecule has 214 valence electrons. The van der Waals surface area contributed by atoms with Crippen molar-refractivity contribution in [3.8, 4) is 6.07 Å². The molecule has 1 aromatic carbocycles. The summed E-state index contributed by atoms with van der Waals surface area (Å²) in [6, 6.07) is 7.44. The van der Waals surface area contributed by atoms with Crippen LogP contribution in [-0.2, 0) is 14.3 Å². The third-order valence-corrected chi connectivity index (χ3v) is 8.50. The summed E-state index contributed by atoms with van der Waals surface area (Å²) in [5, 5.41) is 15.0. The van der Waals surface area contributed by atoms with Crippen LogP contribution >= 0.6 is 0 Å². The van der Waals surface area contributed by atoms with Crippen LogP contribution in [0.15, 0.2) is 24.3 Å². The summed E-state index contributed by atoms with van der Waals surface area (Å²) in [6.07, 6.45) is 1.46. The molecule has 40 heavy (non-hydrogen) atoms. The van der Waals surface area contributed by atoms with Gasteiger partial charge < -0.3 is 25.2 Å². The van der Waals surface area contributed by atoms with Gasteiger partial charge in [-0.25, -0.2) is 4.79 Å². The van der Waals surface area contributed by atoms with Gasteiger partial charge in [0.25, 0.3) is 5.91 Å². The second-order valence-electron chi connectivity index (χ2n) is 12.4. The Hall–Kier alpha value is -3.65. The number of nitriles is 1. The summed E-state index contributed by atoms with van der Waals surface area (Å²) in [5.41, 5.74) is 0.676. The van der Waals surface area contributed by atoms with Gasteiger partial charge in [0.15, 0.2) is 0 Å². The Labute approximate surface area is 234 Å². The van der Waals surface area contributed by atoms with E-state index in [2.05, 4.69) is 16.7 Å². The predicted octanol–water partition coefficient (Wildman–Crippen LogP) is 1.80. The van der Waals surface area contributed by atoms with Gasteiger partial charge in [0.05, 0.1) is 18.2 Å². The van der Waals surface area contributed by atoms with Crippen LogP contribution in [0.5, 0.6) is 0 Å². The molecule has 7 atom stereocenters. The van der Waals surface area contributed by atoms with Crippen molar-refractivity contribution in [1.82, 2.24) is 25.3 Å². The van der Waals surface area contributed by atoms with E-state index in [4.69, 9.17) is 4.74 Å². The summed E-state index contributed by atoms with van der Waals surface area (Å²) in [4.78, 5) is 57.7. The van der Waals surface area contributed by atoms with Crippen LogP contribution < -0.4 is 10.6 Å². The molecule has 3 aliphatic heterocycles. The van der Waals surface area contributed by atoms with Crippen molar-refractivity contribution in [3.05, 3.63) is 35.4 Å². The van der Waals surface area contributed by atoms with E-state index in [9.17, 15) is 24.4 Å². The molecule has 0 unspecified atom stereocenters. The average Bonchev–Trinajstić information content (AvgIpc) is 3.23. The van der Waals surface area contributed by atoms with Crippen molar-refractivity contribution >= 4 is 23.8 Å². The Balaban J connectivity index is 1.31. The molecule has 0 radical (unpaired) electrons. The lowest BCUT2D eigenvalue weighted by Gasteiger charge is -2.39. The first-order valence-corrected chi connectivity index (χ1v) is 14.0. The maximum Gasteiger partial charge on any atom is 0.408 e. The smallest absolute Gasteiger partial charge is 0.408 e. The number of likely N-dealkylation sites (tertiary alicyclic amines) is 3. The Morgan fingerprint density at radius 3 is 2.60 bits per heavy atom. The Bertz CT molecular complexity index is 1250. The highest BCUT2D eigenvalue weighted by molar-refractivity contribution is 5.94. The second kappa shape index (κ2) is 10.4. The lowest BCUT2D eigenvalue weighted by Crippen LogP contribution is -2.59. The SMILES string of the molecule is CNC(=O)c1cccc([C@@H](C)N2C(=O)[C@@H]3C[C@H]2CN3C[C@H](NC(=O)OC(C)(C)C)C(=O)N2[C@H](C#N)C[C@@H]3C[C@@H]32)c1. The predicted molar refractivity (Wildman–Crippen MR) is 145 cm³/mol. The Morgan fingerprint density at radius 1 is 1.20 bits per heavy atom. The molecule has 1 aliphatic carbocycles. The molecule has 3 saturated heterocycles. The van der Waals surface area contributed by atoms with Gasteiger partial charge in [-0.15, -0.1) is 0 Å². The van der Waals surface area contributed by atoms with Crippen molar-refractivity contribution in [1.29, 1.82) is 5.26 Å². The molecule has 3 heterocycles. The number of piperidine rings is 1. The molecule has 1 saturated carbocycles. The van der Waals surface area contributed by atoms with Crippen LogP contribution in [0, 0.1) is 17.2 Å². The van der Waals surface area contributed by atoms with Crippen LogP contribution in [0.1, 0.15) is 68.9 Å². The molecule has 1 aromatic rings. The van der Waals surface area contributed by atoms with Crippen LogP contribution in [0.4, 0.5) is 4.79 Å². The first-order valence-electron chi connectivity index (χ1n) is 14.0. The lowest BCUT2D eigenvalue weighted by atomic mass is 10.0. The molecule has 0 aromatic heterocycles. The van der Waals surface area contributed by atoms with E-state index in [1.54, 1.807) is 38.8 Å². The number of hydrogen-bond acceptors (Lipinski definition) is 7. The Morgan fingerprint density at radius 2 is 1.95 bits per heavy atom. The van der Waals surface area contributed by atoms with Crippen LogP contribution in [0.2, 0.25) is 0 Å². The summed E-state index contributed by atoms with van der Waals surface area (Å²) in [7, 11) is 1.58. The van der Waals surface area contributed by atoms with Crippen LogP contribution in [0.3, 0.4) is 0 Å². The van der Waals surface area contributed by atoms with Gasteiger partial charge in [-0.2, -0.15) is 5.26 Å². The molecule has 0 spiro atoms. The maximum absolute atomic E-state index is 13.7. The fraction of sp³-hybridized carbons (Fsp3) is 0.621. The molecule has 2 bridgehead atoms. The monoisotopic (exact) mass is 550 g/mol. The molecule has 4 amide bonds. The summed E-state index contributed by atoms with van der Waals surface area (Å²) in [5.74, 6) is -0.168. The molecular formula is C29H38N6O5. The number of carbonyl (C=O) groups is 4. The average molecular weight is 551 g/mol. The largest absolute Gasteiger partial charge is 0.444 e. The van der Waals surface area contributed by atoms with Crippen molar-refractivity contribution in [2.24, 2.45) is 5.92 Å². The first-order chi connectivity index (χ1) is 18.9. The van der Waals surface area contributed by atoms with E-state index in [-0.39, 0.29) is 42.4 Å². The van der Waals surface area contributed by atoms with Crippen LogP contribution in [0.25, 0.3) is 0 Å². The number of fused-ring (bicyclic) bond motifs is 3. The number of benzene rings is 1.